The summed E-state index contributed by atoms with van der Waals surface area (Å²) in [6.07, 6.45) is 6.07. The van der Waals surface area contributed by atoms with Crippen molar-refractivity contribution in [3.05, 3.63) is 65.0 Å². The molecule has 6 nitrogen and oxygen atoms in total. The van der Waals surface area contributed by atoms with Crippen molar-refractivity contribution in [2.45, 2.75) is 13.0 Å². The fraction of sp³-hybridized carbons (Fsp3) is 0.188. The van der Waals surface area contributed by atoms with E-state index in [4.69, 9.17) is 4.42 Å². The van der Waals surface area contributed by atoms with Crippen LogP contribution in [0.2, 0.25) is 0 Å². The fourth-order valence-electron chi connectivity index (χ4n) is 2.19. The van der Waals surface area contributed by atoms with Gasteiger partial charge in [0, 0.05) is 31.5 Å². The first-order valence-electron chi connectivity index (χ1n) is 7.01. The average molecular weight is 334 g/mol. The number of carbonyl (C=O) groups is 1. The van der Waals surface area contributed by atoms with E-state index in [9.17, 15) is 9.59 Å². The van der Waals surface area contributed by atoms with Gasteiger partial charge in [0.15, 0.2) is 11.2 Å². The van der Waals surface area contributed by atoms with Gasteiger partial charge in [-0.15, -0.1) is 12.4 Å². The van der Waals surface area contributed by atoms with Crippen molar-refractivity contribution in [1.82, 2.24) is 14.9 Å². The summed E-state index contributed by atoms with van der Waals surface area (Å²) in [6, 6.07) is 8.10. The Morgan fingerprint density at radius 3 is 2.91 bits per heavy atom. The molecule has 2 heterocycles. The molecule has 0 spiro atoms. The molecule has 3 rings (SSSR count). The number of nitrogens with one attached hydrogen (secondary N) is 1. The average Bonchev–Trinajstić information content (AvgIpc) is 3.04. The molecule has 2 aromatic heterocycles. The fourth-order valence-corrected chi connectivity index (χ4v) is 2.19. The van der Waals surface area contributed by atoms with Crippen molar-refractivity contribution >= 4 is 29.3 Å². The largest absolute Gasteiger partial charge is 0.451 e. The minimum atomic E-state index is -0.381. The molecular weight excluding hydrogens is 318 g/mol. The van der Waals surface area contributed by atoms with Gasteiger partial charge >= 0.3 is 0 Å². The summed E-state index contributed by atoms with van der Waals surface area (Å²) in [5, 5.41) is 3.22. The standard InChI is InChI=1S/C16H15N3O3.ClH/c20-13-10-15(22-14-5-2-1-4-12(13)14)16(21)18-6-3-8-19-9-7-17-11-19;/h1-2,4-5,7,9-11H,3,6,8H2,(H,18,21);1H. The van der Waals surface area contributed by atoms with Crippen LogP contribution in [0, 0.1) is 0 Å². The number of rotatable bonds is 5. The van der Waals surface area contributed by atoms with E-state index in [2.05, 4.69) is 10.3 Å². The third kappa shape index (κ3) is 3.98. The minimum Gasteiger partial charge on any atom is -0.451 e. The highest BCUT2D eigenvalue weighted by Crippen LogP contribution is 2.11. The molecule has 1 N–H and O–H groups in total. The van der Waals surface area contributed by atoms with E-state index < -0.39 is 0 Å². The van der Waals surface area contributed by atoms with E-state index in [0.717, 1.165) is 13.0 Å². The molecule has 0 fully saturated rings. The quantitative estimate of drug-likeness (QED) is 0.726. The molecule has 1 aromatic carbocycles. The van der Waals surface area contributed by atoms with Crippen LogP contribution in [-0.4, -0.2) is 22.0 Å². The van der Waals surface area contributed by atoms with Gasteiger partial charge in [0.1, 0.15) is 5.58 Å². The number of hydrogen-bond donors (Lipinski definition) is 1. The van der Waals surface area contributed by atoms with Gasteiger partial charge in [-0.25, -0.2) is 4.98 Å². The minimum absolute atomic E-state index is 0. The molecular formula is C16H16ClN3O3. The van der Waals surface area contributed by atoms with Gasteiger partial charge in [-0.2, -0.15) is 0 Å². The Hall–Kier alpha value is -2.60. The SMILES string of the molecule is Cl.O=C(NCCCn1ccnc1)c1cc(=O)c2ccccc2o1. The van der Waals surface area contributed by atoms with Gasteiger partial charge in [0.25, 0.3) is 5.91 Å². The lowest BCUT2D eigenvalue weighted by Crippen LogP contribution is -2.26. The van der Waals surface area contributed by atoms with Crippen molar-refractivity contribution in [3.8, 4) is 0 Å². The normalized spacial score (nSPS) is 10.3. The molecule has 0 saturated carbocycles. The van der Waals surface area contributed by atoms with Crippen molar-refractivity contribution in [2.75, 3.05) is 6.54 Å². The second-order valence-electron chi connectivity index (χ2n) is 4.88. The first kappa shape index (κ1) is 16.8. The summed E-state index contributed by atoms with van der Waals surface area (Å²) in [7, 11) is 0. The molecule has 120 valence electrons. The first-order valence-corrected chi connectivity index (χ1v) is 7.01. The molecule has 23 heavy (non-hydrogen) atoms. The third-order valence-electron chi connectivity index (χ3n) is 3.30. The number of benzene rings is 1. The Bertz CT molecular complexity index is 843. The molecule has 0 aliphatic heterocycles. The van der Waals surface area contributed by atoms with Crippen LogP contribution >= 0.6 is 12.4 Å². The van der Waals surface area contributed by atoms with E-state index in [1.807, 2.05) is 10.8 Å². The van der Waals surface area contributed by atoms with Crippen molar-refractivity contribution in [2.24, 2.45) is 0 Å². The number of fused-ring (bicyclic) bond motifs is 1. The summed E-state index contributed by atoms with van der Waals surface area (Å²) < 4.78 is 7.41. The summed E-state index contributed by atoms with van der Waals surface area (Å²) >= 11 is 0. The zero-order valence-corrected chi connectivity index (χ0v) is 13.1. The van der Waals surface area contributed by atoms with Gasteiger partial charge < -0.3 is 14.3 Å². The van der Waals surface area contributed by atoms with Crippen LogP contribution in [0.25, 0.3) is 11.0 Å². The van der Waals surface area contributed by atoms with Gasteiger partial charge in [-0.1, -0.05) is 12.1 Å². The van der Waals surface area contributed by atoms with Crippen LogP contribution in [0.5, 0.6) is 0 Å². The Labute approximate surface area is 138 Å². The highest BCUT2D eigenvalue weighted by atomic mass is 35.5. The zero-order valence-electron chi connectivity index (χ0n) is 12.3. The molecule has 7 heteroatoms. The predicted molar refractivity (Wildman–Crippen MR) is 88.9 cm³/mol. The lowest BCUT2D eigenvalue weighted by Gasteiger charge is -2.06. The number of amides is 1. The number of hydrogen-bond acceptors (Lipinski definition) is 4. The number of carbonyl (C=O) groups excluding carboxylic acids is 1. The summed E-state index contributed by atoms with van der Waals surface area (Å²) in [4.78, 5) is 27.9. The second kappa shape index (κ2) is 7.60. The van der Waals surface area contributed by atoms with Crippen LogP contribution in [0.4, 0.5) is 0 Å². The topological polar surface area (TPSA) is 77.1 Å². The number of para-hydroxylation sites is 1. The van der Waals surface area contributed by atoms with E-state index in [1.54, 1.807) is 36.8 Å². The number of nitrogens with zero attached hydrogens (tertiary/aromatic N) is 2. The van der Waals surface area contributed by atoms with E-state index >= 15 is 0 Å². The lowest BCUT2D eigenvalue weighted by atomic mass is 10.2. The Morgan fingerprint density at radius 2 is 2.13 bits per heavy atom. The molecule has 1 amide bonds. The van der Waals surface area contributed by atoms with Crippen LogP contribution < -0.4 is 10.7 Å². The molecule has 0 bridgehead atoms. The van der Waals surface area contributed by atoms with Gasteiger partial charge in [-0.05, 0) is 18.6 Å². The molecule has 0 aliphatic carbocycles. The number of halogens is 1. The van der Waals surface area contributed by atoms with Crippen LogP contribution in [-0.2, 0) is 6.54 Å². The van der Waals surface area contributed by atoms with E-state index in [1.165, 1.54) is 6.07 Å². The van der Waals surface area contributed by atoms with Crippen molar-refractivity contribution in [1.29, 1.82) is 0 Å². The number of aryl methyl sites for hydroxylation is 1. The van der Waals surface area contributed by atoms with Crippen LogP contribution in [0.15, 0.2) is 58.3 Å². The molecule has 0 aliphatic rings. The van der Waals surface area contributed by atoms with E-state index in [0.29, 0.717) is 17.5 Å². The zero-order chi connectivity index (χ0) is 15.4. The second-order valence-corrected chi connectivity index (χ2v) is 4.88. The van der Waals surface area contributed by atoms with Crippen molar-refractivity contribution in [3.63, 3.8) is 0 Å². The maximum atomic E-state index is 12.0. The lowest BCUT2D eigenvalue weighted by molar-refractivity contribution is 0.0925. The smallest absolute Gasteiger partial charge is 0.287 e. The first-order chi connectivity index (χ1) is 10.7. The third-order valence-corrected chi connectivity index (χ3v) is 3.30. The number of imidazole rings is 1. The number of aromatic nitrogens is 2. The predicted octanol–water partition coefficient (Wildman–Crippen LogP) is 2.23. The van der Waals surface area contributed by atoms with Gasteiger partial charge in [0.2, 0.25) is 0 Å². The molecule has 0 radical (unpaired) electrons. The highest BCUT2D eigenvalue weighted by molar-refractivity contribution is 5.93. The Kier molecular flexibility index (Phi) is 5.54. The Morgan fingerprint density at radius 1 is 1.30 bits per heavy atom. The maximum Gasteiger partial charge on any atom is 0.287 e. The van der Waals surface area contributed by atoms with Gasteiger partial charge in [0.05, 0.1) is 11.7 Å². The molecule has 0 saturated heterocycles. The molecule has 0 unspecified atom stereocenters. The molecule has 3 aromatic rings. The van der Waals surface area contributed by atoms with Crippen LogP contribution in [0.3, 0.4) is 0 Å². The van der Waals surface area contributed by atoms with E-state index in [-0.39, 0.29) is 29.5 Å². The highest BCUT2D eigenvalue weighted by Gasteiger charge is 2.11. The monoisotopic (exact) mass is 333 g/mol. The van der Waals surface area contributed by atoms with Crippen LogP contribution in [0.1, 0.15) is 17.0 Å². The summed E-state index contributed by atoms with van der Waals surface area (Å²) in [5.41, 5.74) is 0.198. The summed E-state index contributed by atoms with van der Waals surface area (Å²) in [6.45, 7) is 1.26. The maximum absolute atomic E-state index is 12.0. The Balaban J connectivity index is 0.00000192. The summed E-state index contributed by atoms with van der Waals surface area (Å²) in [5.74, 6) is -0.347. The molecule has 0 atom stereocenters. The van der Waals surface area contributed by atoms with Crippen molar-refractivity contribution < 1.29 is 9.21 Å². The van der Waals surface area contributed by atoms with Gasteiger partial charge in [-0.3, -0.25) is 9.59 Å².